The van der Waals surface area contributed by atoms with E-state index in [0.29, 0.717) is 11.4 Å². The lowest BCUT2D eigenvalue weighted by Gasteiger charge is -2.15. The van der Waals surface area contributed by atoms with Gasteiger partial charge in [-0.1, -0.05) is 0 Å². The third-order valence-electron chi connectivity index (χ3n) is 4.60. The Balaban J connectivity index is 1.81. The Hall–Kier alpha value is -3.68. The Kier molecular flexibility index (Phi) is 7.69. The van der Waals surface area contributed by atoms with Crippen LogP contribution in [0.2, 0.25) is 0 Å². The van der Waals surface area contributed by atoms with Crippen LogP contribution in [0, 0.1) is 0 Å². The zero-order valence-corrected chi connectivity index (χ0v) is 17.6. The Bertz CT molecular complexity index is 846. The van der Waals surface area contributed by atoms with Crippen LogP contribution in [0.25, 0.3) is 0 Å². The third kappa shape index (κ3) is 6.44. The summed E-state index contributed by atoms with van der Waals surface area (Å²) < 4.78 is 0. The van der Waals surface area contributed by atoms with E-state index in [-0.39, 0.29) is 36.5 Å². The molecule has 2 aromatic carbocycles. The molecule has 0 bridgehead atoms. The van der Waals surface area contributed by atoms with E-state index in [1.807, 2.05) is 0 Å². The highest BCUT2D eigenvalue weighted by molar-refractivity contribution is 5.97. The summed E-state index contributed by atoms with van der Waals surface area (Å²) in [6, 6.07) is 13.7. The van der Waals surface area contributed by atoms with Gasteiger partial charge in [0.05, 0.1) is 0 Å². The zero-order chi connectivity index (χ0) is 22.3. The maximum Gasteiger partial charge on any atom is 0.224 e. The van der Waals surface area contributed by atoms with Crippen molar-refractivity contribution in [2.24, 2.45) is 0 Å². The van der Waals surface area contributed by atoms with Crippen molar-refractivity contribution in [3.63, 3.8) is 0 Å². The lowest BCUT2D eigenvalue weighted by atomic mass is 10.2. The molecule has 4 amide bonds. The number of hydrogen-bond acceptors (Lipinski definition) is 4. The number of benzene rings is 2. The van der Waals surface area contributed by atoms with Gasteiger partial charge in [-0.15, -0.1) is 0 Å². The predicted octanol–water partition coefficient (Wildman–Crippen LogP) is 3.01. The van der Waals surface area contributed by atoms with Gasteiger partial charge in [0.2, 0.25) is 23.6 Å². The van der Waals surface area contributed by atoms with Gasteiger partial charge in [-0.25, -0.2) is 0 Å². The van der Waals surface area contributed by atoms with E-state index in [2.05, 4.69) is 10.6 Å². The van der Waals surface area contributed by atoms with Gasteiger partial charge in [0.25, 0.3) is 0 Å². The molecule has 0 fully saturated rings. The van der Waals surface area contributed by atoms with Gasteiger partial charge < -0.3 is 20.4 Å². The molecule has 0 saturated carbocycles. The molecule has 0 heterocycles. The van der Waals surface area contributed by atoms with E-state index >= 15 is 0 Å². The van der Waals surface area contributed by atoms with Crippen LogP contribution in [0.4, 0.5) is 22.7 Å². The summed E-state index contributed by atoms with van der Waals surface area (Å²) in [5.41, 5.74) is 2.62. The number of nitrogens with zero attached hydrogens (tertiary/aromatic N) is 2. The van der Waals surface area contributed by atoms with Crippen LogP contribution in [-0.4, -0.2) is 37.7 Å². The van der Waals surface area contributed by atoms with Crippen LogP contribution >= 0.6 is 0 Å². The SMILES string of the molecule is CC(=O)N(C)c1ccc(NC(=O)CCC(=O)Nc2ccc(N(C)C(C)=O)cc2)cc1. The summed E-state index contributed by atoms with van der Waals surface area (Å²) >= 11 is 0. The van der Waals surface area contributed by atoms with E-state index in [4.69, 9.17) is 0 Å². The lowest BCUT2D eigenvalue weighted by Crippen LogP contribution is -2.22. The summed E-state index contributed by atoms with van der Waals surface area (Å²) in [7, 11) is 3.34. The molecule has 0 aliphatic heterocycles. The molecular formula is C22H26N4O4. The zero-order valence-electron chi connectivity index (χ0n) is 17.6. The largest absolute Gasteiger partial charge is 0.326 e. The molecule has 30 heavy (non-hydrogen) atoms. The highest BCUT2D eigenvalue weighted by Crippen LogP contribution is 2.18. The number of carbonyl (C=O) groups is 4. The van der Waals surface area contributed by atoms with E-state index in [1.54, 1.807) is 62.6 Å². The summed E-state index contributed by atoms with van der Waals surface area (Å²) in [5.74, 6) is -0.732. The molecule has 0 atom stereocenters. The van der Waals surface area contributed by atoms with Crippen molar-refractivity contribution in [1.29, 1.82) is 0 Å². The minimum atomic E-state index is -0.281. The second-order valence-electron chi connectivity index (χ2n) is 6.85. The van der Waals surface area contributed by atoms with Crippen LogP contribution in [0.3, 0.4) is 0 Å². The van der Waals surface area contributed by atoms with Gasteiger partial charge in [0, 0.05) is 63.5 Å². The Morgan fingerprint density at radius 2 is 0.933 bits per heavy atom. The molecule has 0 radical (unpaired) electrons. The van der Waals surface area contributed by atoms with Gasteiger partial charge in [-0.05, 0) is 48.5 Å². The first kappa shape index (κ1) is 22.6. The fourth-order valence-corrected chi connectivity index (χ4v) is 2.57. The van der Waals surface area contributed by atoms with Crippen LogP contribution < -0.4 is 20.4 Å². The molecule has 0 aliphatic carbocycles. The molecule has 158 valence electrons. The van der Waals surface area contributed by atoms with Crippen LogP contribution in [-0.2, 0) is 19.2 Å². The monoisotopic (exact) mass is 410 g/mol. The van der Waals surface area contributed by atoms with Gasteiger partial charge in [-0.3, -0.25) is 19.2 Å². The molecular weight excluding hydrogens is 384 g/mol. The molecule has 0 aromatic heterocycles. The molecule has 0 unspecified atom stereocenters. The van der Waals surface area contributed by atoms with Crippen molar-refractivity contribution in [3.8, 4) is 0 Å². The molecule has 8 nitrogen and oxygen atoms in total. The summed E-state index contributed by atoms with van der Waals surface area (Å²) in [6.45, 7) is 2.94. The van der Waals surface area contributed by atoms with Crippen molar-refractivity contribution in [1.82, 2.24) is 0 Å². The molecule has 2 N–H and O–H groups in total. The van der Waals surface area contributed by atoms with E-state index in [9.17, 15) is 19.2 Å². The van der Waals surface area contributed by atoms with E-state index < -0.39 is 0 Å². The summed E-state index contributed by atoms with van der Waals surface area (Å²) in [5, 5.41) is 5.45. The van der Waals surface area contributed by atoms with Crippen molar-refractivity contribution >= 4 is 46.4 Å². The fraction of sp³-hybridized carbons (Fsp3) is 0.273. The standard InChI is InChI=1S/C22H26N4O4/c1-15(27)25(3)19-9-5-17(6-10-19)23-21(29)13-14-22(30)24-18-7-11-20(12-8-18)26(4)16(2)28/h5-12H,13-14H2,1-4H3,(H,23,29)(H,24,30). The minimum Gasteiger partial charge on any atom is -0.326 e. The second kappa shape index (κ2) is 10.2. The maximum atomic E-state index is 12.1. The molecule has 0 saturated heterocycles. The van der Waals surface area contributed by atoms with E-state index in [0.717, 1.165) is 11.4 Å². The average molecular weight is 410 g/mol. The highest BCUT2D eigenvalue weighted by atomic mass is 16.2. The van der Waals surface area contributed by atoms with Gasteiger partial charge in [-0.2, -0.15) is 0 Å². The average Bonchev–Trinajstić information content (AvgIpc) is 2.72. The topological polar surface area (TPSA) is 98.8 Å². The van der Waals surface area contributed by atoms with Crippen LogP contribution in [0.5, 0.6) is 0 Å². The minimum absolute atomic E-state index is 0.0338. The Labute approximate surface area is 175 Å². The number of nitrogens with one attached hydrogen (secondary N) is 2. The molecule has 8 heteroatoms. The number of carbonyl (C=O) groups excluding carboxylic acids is 4. The van der Waals surface area contributed by atoms with Crippen molar-refractivity contribution in [2.45, 2.75) is 26.7 Å². The third-order valence-corrected chi connectivity index (χ3v) is 4.60. The quantitative estimate of drug-likeness (QED) is 0.733. The lowest BCUT2D eigenvalue weighted by molar-refractivity contribution is -0.121. The molecule has 0 aliphatic rings. The van der Waals surface area contributed by atoms with Gasteiger partial charge in [0.15, 0.2) is 0 Å². The number of anilines is 4. The van der Waals surface area contributed by atoms with Crippen LogP contribution in [0.1, 0.15) is 26.7 Å². The first-order chi connectivity index (χ1) is 14.2. The smallest absolute Gasteiger partial charge is 0.224 e. The highest BCUT2D eigenvalue weighted by Gasteiger charge is 2.10. The summed E-state index contributed by atoms with van der Waals surface area (Å²) in [6.07, 6.45) is 0.0676. The van der Waals surface area contributed by atoms with Crippen molar-refractivity contribution in [3.05, 3.63) is 48.5 Å². The summed E-state index contributed by atoms with van der Waals surface area (Å²) in [4.78, 5) is 49.9. The fourth-order valence-electron chi connectivity index (χ4n) is 2.57. The number of amides is 4. The molecule has 0 spiro atoms. The number of hydrogen-bond donors (Lipinski definition) is 2. The number of rotatable bonds is 7. The first-order valence-corrected chi connectivity index (χ1v) is 9.46. The second-order valence-corrected chi connectivity index (χ2v) is 6.85. The first-order valence-electron chi connectivity index (χ1n) is 9.46. The Morgan fingerprint density at radius 3 is 1.20 bits per heavy atom. The normalized spacial score (nSPS) is 10.1. The van der Waals surface area contributed by atoms with Gasteiger partial charge in [0.1, 0.15) is 0 Å². The van der Waals surface area contributed by atoms with Gasteiger partial charge >= 0.3 is 0 Å². The molecule has 2 rings (SSSR count). The van der Waals surface area contributed by atoms with Crippen molar-refractivity contribution < 1.29 is 19.2 Å². The van der Waals surface area contributed by atoms with E-state index in [1.165, 1.54) is 23.6 Å². The Morgan fingerprint density at radius 1 is 0.633 bits per heavy atom. The predicted molar refractivity (Wildman–Crippen MR) is 118 cm³/mol. The van der Waals surface area contributed by atoms with Crippen molar-refractivity contribution in [2.75, 3.05) is 34.5 Å². The molecule has 2 aromatic rings. The maximum absolute atomic E-state index is 12.1. The van der Waals surface area contributed by atoms with Crippen LogP contribution in [0.15, 0.2) is 48.5 Å².